The summed E-state index contributed by atoms with van der Waals surface area (Å²) in [5.74, 6) is 0.618. The van der Waals surface area contributed by atoms with Gasteiger partial charge in [-0.3, -0.25) is 4.79 Å². The number of anilines is 1. The van der Waals surface area contributed by atoms with Crippen LogP contribution in [0.2, 0.25) is 0 Å². The Labute approximate surface area is 153 Å². The molecule has 0 spiro atoms. The molecule has 0 aliphatic carbocycles. The summed E-state index contributed by atoms with van der Waals surface area (Å²) >= 11 is 0. The first kappa shape index (κ1) is 19.7. The van der Waals surface area contributed by atoms with E-state index in [1.165, 1.54) is 32.4 Å². The van der Waals surface area contributed by atoms with E-state index in [9.17, 15) is 13.2 Å². The van der Waals surface area contributed by atoms with Gasteiger partial charge in [0.25, 0.3) is 5.91 Å². The van der Waals surface area contributed by atoms with E-state index in [4.69, 9.17) is 9.47 Å². The molecule has 0 aliphatic rings. The molecule has 0 unspecified atom stereocenters. The Balaban J connectivity index is 2.31. The van der Waals surface area contributed by atoms with Gasteiger partial charge in [0, 0.05) is 23.9 Å². The Morgan fingerprint density at radius 1 is 1.08 bits per heavy atom. The third kappa shape index (κ3) is 4.33. The second kappa shape index (κ2) is 8.20. The molecule has 2 aromatic carbocycles. The molecule has 1 amide bonds. The quantitative estimate of drug-likeness (QED) is 0.772. The highest BCUT2D eigenvalue weighted by atomic mass is 32.2. The lowest BCUT2D eigenvalue weighted by atomic mass is 10.1. The summed E-state index contributed by atoms with van der Waals surface area (Å²) in [7, 11) is -0.592. The molecule has 0 heterocycles. The Hall–Kier alpha value is -2.58. The lowest BCUT2D eigenvalue weighted by Gasteiger charge is -2.14. The number of methoxy groups -OCH3 is 2. The highest BCUT2D eigenvalue weighted by molar-refractivity contribution is 7.89. The molecule has 0 saturated heterocycles. The summed E-state index contributed by atoms with van der Waals surface area (Å²) in [6, 6.07) is 9.27. The van der Waals surface area contributed by atoms with E-state index in [0.29, 0.717) is 17.2 Å². The number of hydrogen-bond acceptors (Lipinski definition) is 5. The van der Waals surface area contributed by atoms with Crippen LogP contribution in [-0.2, 0) is 10.0 Å². The van der Waals surface area contributed by atoms with Crippen molar-refractivity contribution in [3.05, 3.63) is 47.5 Å². The van der Waals surface area contributed by atoms with Gasteiger partial charge < -0.3 is 14.8 Å². The van der Waals surface area contributed by atoms with Gasteiger partial charge in [0.15, 0.2) is 11.5 Å². The standard InChI is InChI=1S/C18H22N2O5S/c1-5-19-26(22,23)14-8-6-7-13(10-14)18(21)20-15-11-17(25-4)16(24-3)9-12(15)2/h6-11,19H,5H2,1-4H3,(H,20,21). The zero-order valence-corrected chi connectivity index (χ0v) is 15.9. The van der Waals surface area contributed by atoms with Gasteiger partial charge in [0.1, 0.15) is 0 Å². The van der Waals surface area contributed by atoms with E-state index < -0.39 is 15.9 Å². The topological polar surface area (TPSA) is 93.7 Å². The number of amides is 1. The number of aryl methyl sites for hydroxylation is 1. The minimum Gasteiger partial charge on any atom is -0.493 e. The minimum absolute atomic E-state index is 0.0380. The average molecular weight is 378 g/mol. The highest BCUT2D eigenvalue weighted by Crippen LogP contribution is 2.33. The number of carbonyl (C=O) groups is 1. The third-order valence-electron chi connectivity index (χ3n) is 3.72. The second-order valence-corrected chi connectivity index (χ2v) is 7.27. The van der Waals surface area contributed by atoms with Gasteiger partial charge >= 0.3 is 0 Å². The number of ether oxygens (including phenoxy) is 2. The van der Waals surface area contributed by atoms with E-state index in [2.05, 4.69) is 10.0 Å². The third-order valence-corrected chi connectivity index (χ3v) is 5.26. The SMILES string of the molecule is CCNS(=O)(=O)c1cccc(C(=O)Nc2cc(OC)c(OC)cc2C)c1. The summed E-state index contributed by atoms with van der Waals surface area (Å²) in [4.78, 5) is 12.6. The lowest BCUT2D eigenvalue weighted by Crippen LogP contribution is -2.23. The molecule has 2 N–H and O–H groups in total. The van der Waals surface area contributed by atoms with E-state index in [1.54, 1.807) is 25.1 Å². The van der Waals surface area contributed by atoms with Crippen molar-refractivity contribution >= 4 is 21.6 Å². The molecule has 0 radical (unpaired) electrons. The van der Waals surface area contributed by atoms with Gasteiger partial charge in [-0.05, 0) is 36.8 Å². The summed E-state index contributed by atoms with van der Waals surface area (Å²) in [5, 5.41) is 2.77. The number of nitrogens with one attached hydrogen (secondary N) is 2. The van der Waals surface area contributed by atoms with Crippen molar-refractivity contribution in [3.8, 4) is 11.5 Å². The van der Waals surface area contributed by atoms with Crippen molar-refractivity contribution in [2.75, 3.05) is 26.1 Å². The molecule has 2 rings (SSSR count). The maximum Gasteiger partial charge on any atom is 0.255 e. The molecule has 0 aromatic heterocycles. The molecule has 140 valence electrons. The van der Waals surface area contributed by atoms with E-state index in [-0.39, 0.29) is 17.0 Å². The molecular weight excluding hydrogens is 356 g/mol. The number of hydrogen-bond donors (Lipinski definition) is 2. The zero-order valence-electron chi connectivity index (χ0n) is 15.1. The summed E-state index contributed by atoms with van der Waals surface area (Å²) < 4.78 is 37.1. The second-order valence-electron chi connectivity index (χ2n) is 5.51. The van der Waals surface area contributed by atoms with Crippen molar-refractivity contribution in [3.63, 3.8) is 0 Å². The number of carbonyl (C=O) groups excluding carboxylic acids is 1. The van der Waals surface area contributed by atoms with E-state index >= 15 is 0 Å². The van der Waals surface area contributed by atoms with Crippen molar-refractivity contribution < 1.29 is 22.7 Å². The molecule has 0 saturated carbocycles. The number of rotatable bonds is 7. The molecule has 0 bridgehead atoms. The fourth-order valence-electron chi connectivity index (χ4n) is 2.39. The molecule has 8 heteroatoms. The minimum atomic E-state index is -3.63. The predicted molar refractivity (Wildman–Crippen MR) is 99.5 cm³/mol. The van der Waals surface area contributed by atoms with Crippen LogP contribution in [0.1, 0.15) is 22.8 Å². The van der Waals surface area contributed by atoms with Crippen LogP contribution < -0.4 is 19.5 Å². The molecule has 0 fully saturated rings. The predicted octanol–water partition coefficient (Wildman–Crippen LogP) is 2.56. The Kier molecular flexibility index (Phi) is 6.23. The van der Waals surface area contributed by atoms with Crippen molar-refractivity contribution in [1.29, 1.82) is 0 Å². The van der Waals surface area contributed by atoms with Gasteiger partial charge in [0.05, 0.1) is 19.1 Å². The van der Waals surface area contributed by atoms with Gasteiger partial charge in [-0.2, -0.15) is 0 Å². The molecule has 2 aromatic rings. The summed E-state index contributed by atoms with van der Waals surface area (Å²) in [6.07, 6.45) is 0. The van der Waals surface area contributed by atoms with Crippen LogP contribution in [0.3, 0.4) is 0 Å². The van der Waals surface area contributed by atoms with E-state index in [1.807, 2.05) is 6.92 Å². The van der Waals surface area contributed by atoms with Crippen LogP contribution in [0.5, 0.6) is 11.5 Å². The van der Waals surface area contributed by atoms with Crippen molar-refractivity contribution in [2.45, 2.75) is 18.7 Å². The van der Waals surface area contributed by atoms with Crippen molar-refractivity contribution in [2.24, 2.45) is 0 Å². The Bertz CT molecular complexity index is 910. The summed E-state index contributed by atoms with van der Waals surface area (Å²) in [6.45, 7) is 3.78. The van der Waals surface area contributed by atoms with Gasteiger partial charge in [-0.1, -0.05) is 13.0 Å². The smallest absolute Gasteiger partial charge is 0.255 e. The van der Waals surface area contributed by atoms with Gasteiger partial charge in [-0.15, -0.1) is 0 Å². The van der Waals surface area contributed by atoms with Crippen LogP contribution in [-0.4, -0.2) is 35.1 Å². The zero-order chi connectivity index (χ0) is 19.3. The average Bonchev–Trinajstić information content (AvgIpc) is 2.63. The fourth-order valence-corrected chi connectivity index (χ4v) is 3.47. The lowest BCUT2D eigenvalue weighted by molar-refractivity contribution is 0.102. The van der Waals surface area contributed by atoms with E-state index in [0.717, 1.165) is 5.56 Å². The monoisotopic (exact) mass is 378 g/mol. The van der Waals surface area contributed by atoms with Crippen LogP contribution >= 0.6 is 0 Å². The molecule has 0 atom stereocenters. The Morgan fingerprint density at radius 2 is 1.73 bits per heavy atom. The van der Waals surface area contributed by atoms with Crippen LogP contribution in [0.25, 0.3) is 0 Å². The van der Waals surface area contributed by atoms with Crippen LogP contribution in [0, 0.1) is 6.92 Å². The molecular formula is C18H22N2O5S. The van der Waals surface area contributed by atoms with Crippen LogP contribution in [0.4, 0.5) is 5.69 Å². The maximum absolute atomic E-state index is 12.6. The van der Waals surface area contributed by atoms with Gasteiger partial charge in [-0.25, -0.2) is 13.1 Å². The molecule has 7 nitrogen and oxygen atoms in total. The van der Waals surface area contributed by atoms with Gasteiger partial charge in [0.2, 0.25) is 10.0 Å². The first-order chi connectivity index (χ1) is 12.3. The molecule has 0 aliphatic heterocycles. The first-order valence-electron chi connectivity index (χ1n) is 7.96. The maximum atomic E-state index is 12.6. The number of sulfonamides is 1. The largest absolute Gasteiger partial charge is 0.493 e. The highest BCUT2D eigenvalue weighted by Gasteiger charge is 2.16. The first-order valence-corrected chi connectivity index (χ1v) is 9.44. The van der Waals surface area contributed by atoms with Crippen LogP contribution in [0.15, 0.2) is 41.3 Å². The van der Waals surface area contributed by atoms with Crippen molar-refractivity contribution in [1.82, 2.24) is 4.72 Å². The normalized spacial score (nSPS) is 11.1. The number of benzene rings is 2. The summed E-state index contributed by atoms with van der Waals surface area (Å²) in [5.41, 5.74) is 1.57. The fraction of sp³-hybridized carbons (Fsp3) is 0.278. The molecule has 26 heavy (non-hydrogen) atoms. The Morgan fingerprint density at radius 3 is 2.35 bits per heavy atom.